The number of ether oxygens (including phenoxy) is 2. The molecule has 0 aliphatic carbocycles. The van der Waals surface area contributed by atoms with Gasteiger partial charge in [0.1, 0.15) is 11.9 Å². The van der Waals surface area contributed by atoms with Crippen molar-refractivity contribution in [2.75, 3.05) is 24.3 Å². The highest BCUT2D eigenvalue weighted by Crippen LogP contribution is 2.27. The first-order chi connectivity index (χ1) is 11.8. The molecule has 0 unspecified atom stereocenters. The standard InChI is InChI=1S/C17H25NO6S/c1-3-25(21,22)14-7-8-16(19)15(10-14)18-17(20)12(2)24-11-13-6-4-5-9-23-13/h7-8,10,12-13,19H,3-6,9,11H2,1-2H3,(H,18,20)/t12-,13-/m1/s1. The summed E-state index contributed by atoms with van der Waals surface area (Å²) in [5, 5.41) is 12.4. The van der Waals surface area contributed by atoms with Crippen LogP contribution in [0.3, 0.4) is 0 Å². The number of phenolic OH excluding ortho intramolecular Hbond substituents is 1. The largest absolute Gasteiger partial charge is 0.506 e. The van der Waals surface area contributed by atoms with Gasteiger partial charge in [-0.1, -0.05) is 6.92 Å². The maximum absolute atomic E-state index is 12.2. The maximum atomic E-state index is 12.2. The molecule has 7 nitrogen and oxygen atoms in total. The van der Waals surface area contributed by atoms with Gasteiger partial charge in [0, 0.05) is 6.61 Å². The Hall–Kier alpha value is -1.64. The van der Waals surface area contributed by atoms with Gasteiger partial charge >= 0.3 is 0 Å². The van der Waals surface area contributed by atoms with Gasteiger partial charge in [0.15, 0.2) is 9.84 Å². The molecule has 1 aliphatic rings. The van der Waals surface area contributed by atoms with Crippen LogP contribution >= 0.6 is 0 Å². The SMILES string of the molecule is CCS(=O)(=O)c1ccc(O)c(NC(=O)[C@@H](C)OC[C@H]2CCCCO2)c1. The molecule has 0 radical (unpaired) electrons. The summed E-state index contributed by atoms with van der Waals surface area (Å²) >= 11 is 0. The van der Waals surface area contributed by atoms with Gasteiger partial charge in [-0.15, -0.1) is 0 Å². The molecule has 0 saturated carbocycles. The van der Waals surface area contributed by atoms with Crippen molar-refractivity contribution in [3.63, 3.8) is 0 Å². The summed E-state index contributed by atoms with van der Waals surface area (Å²) in [5.41, 5.74) is 0.0453. The minimum Gasteiger partial charge on any atom is -0.506 e. The number of hydrogen-bond acceptors (Lipinski definition) is 6. The van der Waals surface area contributed by atoms with Crippen molar-refractivity contribution < 1.29 is 27.8 Å². The Morgan fingerprint density at radius 1 is 1.44 bits per heavy atom. The molecule has 0 bridgehead atoms. The fourth-order valence-electron chi connectivity index (χ4n) is 2.48. The third kappa shape index (κ3) is 5.42. The Bertz CT molecular complexity index is 697. The molecule has 1 aliphatic heterocycles. The van der Waals surface area contributed by atoms with Crippen LogP contribution in [0.2, 0.25) is 0 Å². The lowest BCUT2D eigenvalue weighted by atomic mass is 10.1. The molecule has 8 heteroatoms. The fraction of sp³-hybridized carbons (Fsp3) is 0.588. The average molecular weight is 371 g/mol. The molecule has 1 fully saturated rings. The Morgan fingerprint density at radius 3 is 2.84 bits per heavy atom. The summed E-state index contributed by atoms with van der Waals surface area (Å²) in [6.07, 6.45) is 2.28. The molecule has 0 aromatic heterocycles. The van der Waals surface area contributed by atoms with Gasteiger partial charge in [-0.25, -0.2) is 8.42 Å². The molecule has 2 rings (SSSR count). The predicted octanol–water partition coefficient (Wildman–Crippen LogP) is 2.10. The van der Waals surface area contributed by atoms with Crippen LogP contribution in [0, 0.1) is 0 Å². The lowest BCUT2D eigenvalue weighted by molar-refractivity contribution is -0.130. The molecule has 2 atom stereocenters. The molecule has 1 saturated heterocycles. The molecular formula is C17H25NO6S. The van der Waals surface area contributed by atoms with E-state index in [1.165, 1.54) is 25.1 Å². The van der Waals surface area contributed by atoms with Crippen LogP contribution in [0.25, 0.3) is 0 Å². The molecule has 140 valence electrons. The average Bonchev–Trinajstić information content (AvgIpc) is 2.62. The van der Waals surface area contributed by atoms with E-state index in [0.717, 1.165) is 19.3 Å². The van der Waals surface area contributed by atoms with Crippen molar-refractivity contribution >= 4 is 21.4 Å². The predicted molar refractivity (Wildman–Crippen MR) is 93.5 cm³/mol. The third-order valence-corrected chi connectivity index (χ3v) is 5.87. The van der Waals surface area contributed by atoms with Crippen molar-refractivity contribution in [1.82, 2.24) is 0 Å². The molecule has 1 aromatic rings. The van der Waals surface area contributed by atoms with E-state index in [1.54, 1.807) is 6.92 Å². The van der Waals surface area contributed by atoms with Gasteiger partial charge in [0.2, 0.25) is 0 Å². The monoisotopic (exact) mass is 371 g/mol. The van der Waals surface area contributed by atoms with E-state index >= 15 is 0 Å². The number of nitrogens with one attached hydrogen (secondary N) is 1. The van der Waals surface area contributed by atoms with E-state index in [0.29, 0.717) is 13.2 Å². The fourth-order valence-corrected chi connectivity index (χ4v) is 3.38. The second-order valence-electron chi connectivity index (χ2n) is 6.04. The minimum atomic E-state index is -3.43. The van der Waals surface area contributed by atoms with E-state index in [-0.39, 0.29) is 28.2 Å². The molecule has 25 heavy (non-hydrogen) atoms. The summed E-state index contributed by atoms with van der Waals surface area (Å²) in [6, 6.07) is 3.81. The second kappa shape index (κ2) is 8.64. The highest BCUT2D eigenvalue weighted by atomic mass is 32.2. The van der Waals surface area contributed by atoms with E-state index in [1.807, 2.05) is 0 Å². The van der Waals surface area contributed by atoms with Crippen molar-refractivity contribution in [3.05, 3.63) is 18.2 Å². The Labute approximate surface area is 148 Å². The number of hydrogen-bond donors (Lipinski definition) is 2. The minimum absolute atomic E-state index is 0.00423. The molecule has 0 spiro atoms. The first kappa shape index (κ1) is 19.7. The van der Waals surface area contributed by atoms with Crippen LogP contribution in [0.4, 0.5) is 5.69 Å². The number of carbonyl (C=O) groups is 1. The van der Waals surface area contributed by atoms with Gasteiger partial charge in [0.05, 0.1) is 29.0 Å². The maximum Gasteiger partial charge on any atom is 0.253 e. The Morgan fingerprint density at radius 2 is 2.20 bits per heavy atom. The zero-order valence-electron chi connectivity index (χ0n) is 14.5. The summed E-state index contributed by atoms with van der Waals surface area (Å²) in [4.78, 5) is 12.3. The Balaban J connectivity index is 1.98. The number of sulfone groups is 1. The number of benzene rings is 1. The van der Waals surface area contributed by atoms with Gasteiger partial charge in [-0.3, -0.25) is 4.79 Å². The van der Waals surface area contributed by atoms with E-state index < -0.39 is 21.8 Å². The summed E-state index contributed by atoms with van der Waals surface area (Å²) in [6.45, 7) is 4.16. The molecule has 1 aromatic carbocycles. The normalized spacial score (nSPS) is 19.4. The quantitative estimate of drug-likeness (QED) is 0.712. The van der Waals surface area contributed by atoms with Crippen LogP contribution in [0.5, 0.6) is 5.75 Å². The van der Waals surface area contributed by atoms with E-state index in [4.69, 9.17) is 9.47 Å². The zero-order chi connectivity index (χ0) is 18.4. The number of carbonyl (C=O) groups excluding carboxylic acids is 1. The van der Waals surface area contributed by atoms with Crippen LogP contribution < -0.4 is 5.32 Å². The van der Waals surface area contributed by atoms with Crippen LogP contribution in [-0.2, 0) is 24.1 Å². The van der Waals surface area contributed by atoms with Gasteiger partial charge in [-0.05, 0) is 44.4 Å². The number of phenols is 1. The lowest BCUT2D eigenvalue weighted by Gasteiger charge is -2.24. The van der Waals surface area contributed by atoms with Crippen LogP contribution in [-0.4, -0.2) is 50.6 Å². The van der Waals surface area contributed by atoms with Crippen LogP contribution in [0.1, 0.15) is 33.1 Å². The van der Waals surface area contributed by atoms with Crippen LogP contribution in [0.15, 0.2) is 23.1 Å². The van der Waals surface area contributed by atoms with Gasteiger partial charge in [-0.2, -0.15) is 0 Å². The molecular weight excluding hydrogens is 346 g/mol. The van der Waals surface area contributed by atoms with Crippen molar-refractivity contribution in [3.8, 4) is 5.75 Å². The smallest absolute Gasteiger partial charge is 0.253 e. The lowest BCUT2D eigenvalue weighted by Crippen LogP contribution is -2.32. The highest BCUT2D eigenvalue weighted by molar-refractivity contribution is 7.91. The van der Waals surface area contributed by atoms with Crippen molar-refractivity contribution in [1.29, 1.82) is 0 Å². The second-order valence-corrected chi connectivity index (χ2v) is 8.31. The number of aromatic hydroxyl groups is 1. The number of anilines is 1. The Kier molecular flexibility index (Phi) is 6.80. The molecule has 2 N–H and O–H groups in total. The zero-order valence-corrected chi connectivity index (χ0v) is 15.3. The third-order valence-electron chi connectivity index (χ3n) is 4.14. The van der Waals surface area contributed by atoms with Crippen molar-refractivity contribution in [2.24, 2.45) is 0 Å². The summed E-state index contributed by atoms with van der Waals surface area (Å²) in [7, 11) is -3.43. The summed E-state index contributed by atoms with van der Waals surface area (Å²) < 4.78 is 34.9. The molecule has 1 amide bonds. The number of amides is 1. The van der Waals surface area contributed by atoms with Gasteiger partial charge in [0.25, 0.3) is 5.91 Å². The summed E-state index contributed by atoms with van der Waals surface area (Å²) in [5.74, 6) is -0.727. The van der Waals surface area contributed by atoms with E-state index in [9.17, 15) is 18.3 Å². The topological polar surface area (TPSA) is 102 Å². The van der Waals surface area contributed by atoms with Crippen molar-refractivity contribution in [2.45, 2.75) is 50.2 Å². The first-order valence-electron chi connectivity index (χ1n) is 8.43. The van der Waals surface area contributed by atoms with E-state index in [2.05, 4.69) is 5.32 Å². The highest BCUT2D eigenvalue weighted by Gasteiger charge is 2.21. The molecule has 1 heterocycles. The van der Waals surface area contributed by atoms with Gasteiger partial charge < -0.3 is 19.9 Å². The number of rotatable bonds is 7. The first-order valence-corrected chi connectivity index (χ1v) is 10.1.